The normalized spacial score (nSPS) is 14.3. The number of hydrogen-bond acceptors (Lipinski definition) is 5. The highest BCUT2D eigenvalue weighted by atomic mass is 32.1. The molecule has 6 nitrogen and oxygen atoms in total. The monoisotopic (exact) mass is 618 g/mol. The SMILES string of the molecule is C/C=C\CC1CCCN1C(=O)C(O)C(O)C(=O)NCc1cc(C)cs1.C=CCC.CC.CC.CCC.Cc1ccccc1. The van der Waals surface area contributed by atoms with Gasteiger partial charge in [-0.15, -0.1) is 17.9 Å². The summed E-state index contributed by atoms with van der Waals surface area (Å²) in [6.45, 7) is 24.6. The molecule has 1 saturated heterocycles. The first kappa shape index (κ1) is 44.7. The first-order valence-electron chi connectivity index (χ1n) is 15.9. The number of benzene rings is 1. The van der Waals surface area contributed by atoms with Crippen LogP contribution in [0.2, 0.25) is 0 Å². The maximum absolute atomic E-state index is 12.5. The summed E-state index contributed by atoms with van der Waals surface area (Å²) in [5.41, 5.74) is 2.42. The second-order valence-corrected chi connectivity index (χ2v) is 10.4. The van der Waals surface area contributed by atoms with Gasteiger partial charge in [0.25, 0.3) is 11.8 Å². The molecule has 43 heavy (non-hydrogen) atoms. The van der Waals surface area contributed by atoms with E-state index in [1.807, 2.05) is 89.4 Å². The van der Waals surface area contributed by atoms with E-state index in [4.69, 9.17) is 0 Å². The number of rotatable bonds is 8. The largest absolute Gasteiger partial charge is 0.380 e. The van der Waals surface area contributed by atoms with Crippen molar-refractivity contribution in [2.45, 2.75) is 126 Å². The summed E-state index contributed by atoms with van der Waals surface area (Å²) in [5.74, 6) is -1.32. The van der Waals surface area contributed by atoms with Gasteiger partial charge in [-0.2, -0.15) is 0 Å². The summed E-state index contributed by atoms with van der Waals surface area (Å²) in [4.78, 5) is 27.0. The van der Waals surface area contributed by atoms with Crippen LogP contribution in [0.15, 0.2) is 66.6 Å². The van der Waals surface area contributed by atoms with Crippen LogP contribution >= 0.6 is 11.3 Å². The first-order chi connectivity index (χ1) is 20.7. The van der Waals surface area contributed by atoms with Gasteiger partial charge in [0.1, 0.15) is 0 Å². The van der Waals surface area contributed by atoms with Gasteiger partial charge >= 0.3 is 0 Å². The van der Waals surface area contributed by atoms with Gasteiger partial charge in [-0.05, 0) is 63.5 Å². The van der Waals surface area contributed by atoms with Crippen LogP contribution in [-0.4, -0.2) is 51.7 Å². The Balaban J connectivity index is -0.000000726. The molecule has 3 rings (SSSR count). The number of nitrogens with one attached hydrogen (secondary N) is 1. The van der Waals surface area contributed by atoms with Crippen molar-refractivity contribution in [2.75, 3.05) is 6.54 Å². The third-order valence-electron chi connectivity index (χ3n) is 5.58. The Bertz CT molecular complexity index is 959. The molecule has 1 aliphatic rings. The summed E-state index contributed by atoms with van der Waals surface area (Å²) in [6.07, 6.45) is 7.05. The molecule has 1 aliphatic heterocycles. The Hall–Kier alpha value is -2.74. The van der Waals surface area contributed by atoms with E-state index in [0.29, 0.717) is 6.54 Å². The van der Waals surface area contributed by atoms with Crippen molar-refractivity contribution in [1.29, 1.82) is 0 Å². The first-order valence-corrected chi connectivity index (χ1v) is 16.8. The Morgan fingerprint density at radius 1 is 1.05 bits per heavy atom. The summed E-state index contributed by atoms with van der Waals surface area (Å²) < 4.78 is 0. The number of aliphatic hydroxyl groups is 2. The summed E-state index contributed by atoms with van der Waals surface area (Å²) in [6, 6.07) is 12.2. The van der Waals surface area contributed by atoms with Gasteiger partial charge in [-0.25, -0.2) is 0 Å². The third kappa shape index (κ3) is 21.6. The zero-order valence-electron chi connectivity index (χ0n) is 28.7. The number of hydrogen-bond donors (Lipinski definition) is 3. The van der Waals surface area contributed by atoms with Crippen LogP contribution in [-0.2, 0) is 16.1 Å². The minimum Gasteiger partial charge on any atom is -0.380 e. The highest BCUT2D eigenvalue weighted by molar-refractivity contribution is 7.10. The molecule has 0 radical (unpaired) electrons. The van der Waals surface area contributed by atoms with E-state index in [2.05, 4.69) is 51.7 Å². The van der Waals surface area contributed by atoms with Crippen molar-refractivity contribution >= 4 is 23.2 Å². The van der Waals surface area contributed by atoms with Crippen molar-refractivity contribution < 1.29 is 19.8 Å². The molecule has 0 bridgehead atoms. The second kappa shape index (κ2) is 30.7. The molecule has 0 aliphatic carbocycles. The number of amides is 2. The van der Waals surface area contributed by atoms with Crippen molar-refractivity contribution in [3.05, 3.63) is 82.6 Å². The Kier molecular flexibility index (Phi) is 31.9. The molecular formula is C36H62N2O4S. The van der Waals surface area contributed by atoms with E-state index in [1.54, 1.807) is 4.90 Å². The molecular weight excluding hydrogens is 556 g/mol. The summed E-state index contributed by atoms with van der Waals surface area (Å²) >= 11 is 1.51. The zero-order valence-corrected chi connectivity index (χ0v) is 29.5. The fourth-order valence-corrected chi connectivity index (χ4v) is 4.32. The number of carbonyl (C=O) groups is 2. The highest BCUT2D eigenvalue weighted by Crippen LogP contribution is 2.22. The average Bonchev–Trinajstić information content (AvgIpc) is 3.69. The number of aryl methyl sites for hydroxylation is 2. The van der Waals surface area contributed by atoms with Gasteiger partial charge in [0.15, 0.2) is 12.2 Å². The topological polar surface area (TPSA) is 89.9 Å². The fourth-order valence-electron chi connectivity index (χ4n) is 3.51. The molecule has 0 spiro atoms. The Morgan fingerprint density at radius 3 is 2.02 bits per heavy atom. The van der Waals surface area contributed by atoms with E-state index in [-0.39, 0.29) is 12.6 Å². The summed E-state index contributed by atoms with van der Waals surface area (Å²) in [7, 11) is 0. The molecule has 2 aromatic rings. The lowest BCUT2D eigenvalue weighted by Crippen LogP contribution is -2.51. The van der Waals surface area contributed by atoms with E-state index < -0.39 is 24.0 Å². The van der Waals surface area contributed by atoms with Gasteiger partial charge in [0, 0.05) is 17.5 Å². The number of thiophene rings is 1. The van der Waals surface area contributed by atoms with E-state index in [1.165, 1.54) is 23.3 Å². The summed E-state index contributed by atoms with van der Waals surface area (Å²) in [5, 5.41) is 24.7. The molecule has 1 aromatic carbocycles. The van der Waals surface area contributed by atoms with Crippen molar-refractivity contribution in [3.8, 4) is 0 Å². The third-order valence-corrected chi connectivity index (χ3v) is 6.63. The van der Waals surface area contributed by atoms with Crippen LogP contribution in [0.1, 0.15) is 103 Å². The zero-order chi connectivity index (χ0) is 33.6. The minimum atomic E-state index is -1.77. The molecule has 2 amide bonds. The van der Waals surface area contributed by atoms with E-state index in [0.717, 1.165) is 36.1 Å². The van der Waals surface area contributed by atoms with Gasteiger partial charge in [-0.3, -0.25) is 9.59 Å². The number of aliphatic hydroxyl groups excluding tert-OH is 2. The van der Waals surface area contributed by atoms with Crippen LogP contribution in [0.4, 0.5) is 0 Å². The number of carbonyl (C=O) groups excluding carboxylic acids is 2. The predicted molar refractivity (Wildman–Crippen MR) is 187 cm³/mol. The molecule has 3 unspecified atom stereocenters. The molecule has 0 saturated carbocycles. The molecule has 246 valence electrons. The number of nitrogens with zero attached hydrogens (tertiary/aromatic N) is 1. The highest BCUT2D eigenvalue weighted by Gasteiger charge is 2.37. The second-order valence-electron chi connectivity index (χ2n) is 9.39. The van der Waals surface area contributed by atoms with Crippen molar-refractivity contribution in [3.63, 3.8) is 0 Å². The van der Waals surface area contributed by atoms with E-state index in [9.17, 15) is 19.8 Å². The van der Waals surface area contributed by atoms with Gasteiger partial charge in [0.2, 0.25) is 0 Å². The van der Waals surface area contributed by atoms with Crippen molar-refractivity contribution in [1.82, 2.24) is 10.2 Å². The maximum atomic E-state index is 12.5. The lowest BCUT2D eigenvalue weighted by Gasteiger charge is -2.27. The number of likely N-dealkylation sites (tertiary alicyclic amines) is 1. The van der Waals surface area contributed by atoms with Crippen molar-refractivity contribution in [2.24, 2.45) is 0 Å². The van der Waals surface area contributed by atoms with Gasteiger partial charge in [-0.1, -0.05) is 109 Å². The smallest absolute Gasteiger partial charge is 0.254 e. The van der Waals surface area contributed by atoms with Crippen LogP contribution in [0, 0.1) is 13.8 Å². The van der Waals surface area contributed by atoms with Gasteiger partial charge in [0.05, 0.1) is 6.54 Å². The molecule has 1 fully saturated rings. The molecule has 3 atom stereocenters. The molecule has 3 N–H and O–H groups in total. The quantitative estimate of drug-likeness (QED) is 0.259. The lowest BCUT2D eigenvalue weighted by molar-refractivity contribution is -0.153. The van der Waals surface area contributed by atoms with Crippen LogP contribution < -0.4 is 5.32 Å². The molecule has 7 heteroatoms. The number of allylic oxidation sites excluding steroid dienone is 2. The van der Waals surface area contributed by atoms with Gasteiger partial charge < -0.3 is 20.4 Å². The standard InChI is InChI=1S/C18H26N2O4S.C7H8.C4H8.C3H8.2C2H6/c1-3-4-6-13-7-5-8-20(13)18(24)16(22)15(21)17(23)19-10-14-9-12(2)11-25-14;1-7-5-3-2-4-6-7;1-3-4-2;1-3-2;2*1-2/h3-4,9,11,13,15-16,21-22H,5-8,10H2,1-2H3,(H,19,23);2-6H,1H3;3H,1,4H2,2H3;3H2,1-2H3;2*1-2H3/b4-3-;;;;;. The fraction of sp³-hybridized carbons (Fsp3) is 0.556. The Morgan fingerprint density at radius 2 is 1.60 bits per heavy atom. The Labute approximate surface area is 267 Å². The van der Waals surface area contributed by atoms with Crippen LogP contribution in [0.5, 0.6) is 0 Å². The lowest BCUT2D eigenvalue weighted by atomic mass is 10.1. The average molecular weight is 619 g/mol. The molecule has 2 heterocycles. The minimum absolute atomic E-state index is 0.0164. The van der Waals surface area contributed by atoms with E-state index >= 15 is 0 Å². The van der Waals surface area contributed by atoms with Crippen LogP contribution in [0.25, 0.3) is 0 Å². The predicted octanol–water partition coefficient (Wildman–Crippen LogP) is 8.40. The van der Waals surface area contributed by atoms with Crippen LogP contribution in [0.3, 0.4) is 0 Å². The molecule has 1 aromatic heterocycles. The maximum Gasteiger partial charge on any atom is 0.254 e.